The predicted molar refractivity (Wildman–Crippen MR) is 68.6 cm³/mol. The second-order valence-corrected chi connectivity index (χ2v) is 4.83. The number of benzene rings is 1. The molecule has 2 aromatic rings. The number of aliphatic carboxylic acids is 1. The molecule has 18 heavy (non-hydrogen) atoms. The summed E-state index contributed by atoms with van der Waals surface area (Å²) in [5, 5.41) is 11.5. The summed E-state index contributed by atoms with van der Waals surface area (Å²) in [5.41, 5.74) is 6.68. The van der Waals surface area contributed by atoms with Crippen LogP contribution in [0.15, 0.2) is 18.2 Å². The normalized spacial score (nSPS) is 12.3. The Balaban J connectivity index is 2.25. The molecule has 0 spiro atoms. The molecular formula is C11H11N3O3S. The van der Waals surface area contributed by atoms with Crippen molar-refractivity contribution in [3.05, 3.63) is 23.8 Å². The number of carbonyl (C=O) groups excluding carboxylic acids is 1. The Morgan fingerprint density at radius 2 is 2.22 bits per heavy atom. The standard InChI is InChI=1S/C11H11N3O3S/c1-5(10(16)17)13-9(15)6-2-3-7-8(4-6)18-11(12)14-7/h2-5H,1H3,(H2,12,14)(H,13,15)(H,16,17)/t5-/m0/s1. The Labute approximate surface area is 106 Å². The van der Waals surface area contributed by atoms with E-state index in [1.807, 2.05) is 0 Å². The minimum Gasteiger partial charge on any atom is -0.480 e. The maximum absolute atomic E-state index is 11.8. The van der Waals surface area contributed by atoms with E-state index in [1.165, 1.54) is 18.3 Å². The average molecular weight is 265 g/mol. The summed E-state index contributed by atoms with van der Waals surface area (Å²) in [5.74, 6) is -1.51. The van der Waals surface area contributed by atoms with Gasteiger partial charge in [0.15, 0.2) is 5.13 Å². The summed E-state index contributed by atoms with van der Waals surface area (Å²) in [4.78, 5) is 26.5. The van der Waals surface area contributed by atoms with Crippen LogP contribution in [0.2, 0.25) is 0 Å². The molecule has 1 aromatic carbocycles. The van der Waals surface area contributed by atoms with Crippen molar-refractivity contribution in [3.8, 4) is 0 Å². The van der Waals surface area contributed by atoms with Crippen molar-refractivity contribution >= 4 is 38.6 Å². The van der Waals surface area contributed by atoms with Gasteiger partial charge in [-0.2, -0.15) is 0 Å². The van der Waals surface area contributed by atoms with Crippen molar-refractivity contribution in [3.63, 3.8) is 0 Å². The number of nitrogens with two attached hydrogens (primary N) is 1. The molecule has 7 heteroatoms. The molecular weight excluding hydrogens is 254 g/mol. The highest BCUT2D eigenvalue weighted by Gasteiger charge is 2.15. The number of hydrogen-bond donors (Lipinski definition) is 3. The van der Waals surface area contributed by atoms with Gasteiger partial charge in [-0.25, -0.2) is 4.98 Å². The average Bonchev–Trinajstić information content (AvgIpc) is 2.67. The maximum atomic E-state index is 11.8. The first-order valence-corrected chi connectivity index (χ1v) is 5.99. The smallest absolute Gasteiger partial charge is 0.325 e. The van der Waals surface area contributed by atoms with Crippen LogP contribution >= 0.6 is 11.3 Å². The summed E-state index contributed by atoms with van der Waals surface area (Å²) >= 11 is 1.28. The molecule has 0 saturated carbocycles. The number of carboxylic acid groups (broad SMARTS) is 1. The summed E-state index contributed by atoms with van der Waals surface area (Å²) in [6, 6.07) is 3.99. The first-order chi connectivity index (χ1) is 8.47. The molecule has 94 valence electrons. The van der Waals surface area contributed by atoms with Crippen molar-refractivity contribution in [1.29, 1.82) is 0 Å². The minimum atomic E-state index is -1.08. The predicted octanol–water partition coefficient (Wildman–Crippen LogP) is 1.08. The third-order valence-corrected chi connectivity index (χ3v) is 3.23. The first-order valence-electron chi connectivity index (χ1n) is 5.17. The minimum absolute atomic E-state index is 0.388. The molecule has 1 atom stereocenters. The highest BCUT2D eigenvalue weighted by molar-refractivity contribution is 7.22. The number of hydrogen-bond acceptors (Lipinski definition) is 5. The van der Waals surface area contributed by atoms with Gasteiger partial charge in [-0.15, -0.1) is 0 Å². The number of nitrogen functional groups attached to an aromatic ring is 1. The van der Waals surface area contributed by atoms with E-state index in [2.05, 4.69) is 10.3 Å². The van der Waals surface area contributed by atoms with Crippen LogP contribution in [-0.2, 0) is 4.79 Å². The SMILES string of the molecule is C[C@H](NC(=O)c1ccc2nc(N)sc2c1)C(=O)O. The molecule has 1 amide bonds. The lowest BCUT2D eigenvalue weighted by Crippen LogP contribution is -2.38. The lowest BCUT2D eigenvalue weighted by Gasteiger charge is -2.08. The lowest BCUT2D eigenvalue weighted by atomic mass is 10.2. The van der Waals surface area contributed by atoms with Gasteiger partial charge in [0.05, 0.1) is 10.2 Å². The molecule has 0 fully saturated rings. The van der Waals surface area contributed by atoms with Crippen LogP contribution in [0, 0.1) is 0 Å². The molecule has 0 unspecified atom stereocenters. The number of rotatable bonds is 3. The molecule has 6 nitrogen and oxygen atoms in total. The van der Waals surface area contributed by atoms with Gasteiger partial charge < -0.3 is 16.2 Å². The number of nitrogens with zero attached hydrogens (tertiary/aromatic N) is 1. The number of amides is 1. The van der Waals surface area contributed by atoms with Crippen LogP contribution < -0.4 is 11.1 Å². The number of carbonyl (C=O) groups is 2. The van der Waals surface area contributed by atoms with Crippen molar-refractivity contribution in [2.45, 2.75) is 13.0 Å². The van der Waals surface area contributed by atoms with Crippen LogP contribution in [0.3, 0.4) is 0 Å². The summed E-state index contributed by atoms with van der Waals surface area (Å²) in [7, 11) is 0. The Morgan fingerprint density at radius 1 is 1.50 bits per heavy atom. The molecule has 0 radical (unpaired) electrons. The molecule has 0 aliphatic rings. The van der Waals surface area contributed by atoms with Gasteiger partial charge in [0.1, 0.15) is 6.04 Å². The van der Waals surface area contributed by atoms with Gasteiger partial charge in [0, 0.05) is 5.56 Å². The van der Waals surface area contributed by atoms with Crippen molar-refractivity contribution in [1.82, 2.24) is 10.3 Å². The molecule has 1 heterocycles. The Kier molecular flexibility index (Phi) is 3.15. The fourth-order valence-electron chi connectivity index (χ4n) is 1.43. The van der Waals surface area contributed by atoms with E-state index in [-0.39, 0.29) is 0 Å². The van der Waals surface area contributed by atoms with Crippen LogP contribution in [0.4, 0.5) is 5.13 Å². The number of nitrogens with one attached hydrogen (secondary N) is 1. The number of aromatic nitrogens is 1. The molecule has 0 aliphatic heterocycles. The largest absolute Gasteiger partial charge is 0.480 e. The number of thiazole rings is 1. The maximum Gasteiger partial charge on any atom is 0.325 e. The van der Waals surface area contributed by atoms with E-state index in [0.29, 0.717) is 10.7 Å². The van der Waals surface area contributed by atoms with Crippen LogP contribution in [0.25, 0.3) is 10.2 Å². The third kappa shape index (κ3) is 2.40. The van der Waals surface area contributed by atoms with E-state index >= 15 is 0 Å². The van der Waals surface area contributed by atoms with Gasteiger partial charge in [-0.05, 0) is 25.1 Å². The highest BCUT2D eigenvalue weighted by atomic mass is 32.1. The van der Waals surface area contributed by atoms with E-state index in [1.54, 1.807) is 18.2 Å². The van der Waals surface area contributed by atoms with Gasteiger partial charge in [-0.3, -0.25) is 9.59 Å². The Bertz CT molecular complexity index is 623. The summed E-state index contributed by atoms with van der Waals surface area (Å²) in [6.07, 6.45) is 0. The molecule has 1 aromatic heterocycles. The van der Waals surface area contributed by atoms with Crippen LogP contribution in [0.5, 0.6) is 0 Å². The van der Waals surface area contributed by atoms with Crippen LogP contribution in [-0.4, -0.2) is 28.0 Å². The second kappa shape index (κ2) is 4.61. The van der Waals surface area contributed by atoms with Crippen molar-refractivity contribution < 1.29 is 14.7 Å². The lowest BCUT2D eigenvalue weighted by molar-refractivity contribution is -0.138. The highest BCUT2D eigenvalue weighted by Crippen LogP contribution is 2.24. The number of carboxylic acids is 1. The Morgan fingerprint density at radius 3 is 2.89 bits per heavy atom. The van der Waals surface area contributed by atoms with E-state index in [9.17, 15) is 9.59 Å². The van der Waals surface area contributed by atoms with Gasteiger partial charge in [-0.1, -0.05) is 11.3 Å². The van der Waals surface area contributed by atoms with Gasteiger partial charge >= 0.3 is 5.97 Å². The zero-order valence-electron chi connectivity index (χ0n) is 9.51. The van der Waals surface area contributed by atoms with E-state index in [0.717, 1.165) is 10.2 Å². The van der Waals surface area contributed by atoms with E-state index < -0.39 is 17.9 Å². The molecule has 0 bridgehead atoms. The van der Waals surface area contributed by atoms with Crippen LogP contribution in [0.1, 0.15) is 17.3 Å². The molecule has 0 saturated heterocycles. The summed E-state index contributed by atoms with van der Waals surface area (Å²) in [6.45, 7) is 1.41. The Hall–Kier alpha value is -2.15. The fourth-order valence-corrected chi connectivity index (χ4v) is 2.20. The third-order valence-electron chi connectivity index (χ3n) is 2.39. The summed E-state index contributed by atoms with van der Waals surface area (Å²) < 4.78 is 0.795. The van der Waals surface area contributed by atoms with Crippen molar-refractivity contribution in [2.24, 2.45) is 0 Å². The monoisotopic (exact) mass is 265 g/mol. The molecule has 0 aliphatic carbocycles. The zero-order valence-corrected chi connectivity index (χ0v) is 10.3. The quantitative estimate of drug-likeness (QED) is 0.770. The topological polar surface area (TPSA) is 105 Å². The van der Waals surface area contributed by atoms with Crippen molar-refractivity contribution in [2.75, 3.05) is 5.73 Å². The first kappa shape index (κ1) is 12.3. The van der Waals surface area contributed by atoms with Gasteiger partial charge in [0.25, 0.3) is 5.91 Å². The number of fused-ring (bicyclic) bond motifs is 1. The fraction of sp³-hybridized carbons (Fsp3) is 0.182. The van der Waals surface area contributed by atoms with E-state index in [4.69, 9.17) is 10.8 Å². The molecule has 2 rings (SSSR count). The number of anilines is 1. The van der Waals surface area contributed by atoms with Gasteiger partial charge in [0.2, 0.25) is 0 Å². The second-order valence-electron chi connectivity index (χ2n) is 3.77. The zero-order chi connectivity index (χ0) is 13.3. The molecule has 4 N–H and O–H groups in total.